The third-order valence-corrected chi connectivity index (χ3v) is 2.64. The van der Waals surface area contributed by atoms with Gasteiger partial charge in [-0.1, -0.05) is 12.1 Å². The topological polar surface area (TPSA) is 72.7 Å². The van der Waals surface area contributed by atoms with Gasteiger partial charge in [-0.25, -0.2) is 5.06 Å². The molecule has 1 aromatic rings. The number of aryl methyl sites for hydroxylation is 1. The number of benzene rings is 1. The van der Waals surface area contributed by atoms with E-state index in [-0.39, 0.29) is 11.3 Å². The molecule has 0 saturated carbocycles. The van der Waals surface area contributed by atoms with Crippen molar-refractivity contribution < 1.29 is 14.6 Å². The minimum atomic E-state index is -0.545. The lowest BCUT2D eigenvalue weighted by Gasteiger charge is -2.15. The Hall–Kier alpha value is -1.95. The van der Waals surface area contributed by atoms with E-state index >= 15 is 0 Å². The van der Waals surface area contributed by atoms with Gasteiger partial charge in [-0.05, 0) is 18.9 Å². The molecule has 1 aliphatic rings. The van der Waals surface area contributed by atoms with Gasteiger partial charge in [0.25, 0.3) is 11.6 Å². The van der Waals surface area contributed by atoms with Crippen molar-refractivity contribution >= 4 is 11.6 Å². The maximum absolute atomic E-state index is 12.1. The van der Waals surface area contributed by atoms with Crippen molar-refractivity contribution in [2.45, 2.75) is 13.3 Å². The molecule has 1 aliphatic heterocycles. The number of hydrogen-bond donors (Lipinski definition) is 0. The van der Waals surface area contributed by atoms with Gasteiger partial charge < -0.3 is 0 Å². The van der Waals surface area contributed by atoms with Crippen molar-refractivity contribution in [3.05, 3.63) is 39.4 Å². The van der Waals surface area contributed by atoms with Gasteiger partial charge >= 0.3 is 0 Å². The van der Waals surface area contributed by atoms with E-state index in [0.29, 0.717) is 18.7 Å². The van der Waals surface area contributed by atoms with E-state index in [9.17, 15) is 14.9 Å². The number of hydroxylamine groups is 2. The summed E-state index contributed by atoms with van der Waals surface area (Å²) in [5.74, 6) is -0.438. The second kappa shape index (κ2) is 4.50. The molecule has 0 aliphatic carbocycles. The molecule has 0 bridgehead atoms. The summed E-state index contributed by atoms with van der Waals surface area (Å²) in [4.78, 5) is 27.6. The third-order valence-electron chi connectivity index (χ3n) is 2.64. The Balaban J connectivity index is 2.42. The molecule has 2 rings (SSSR count). The van der Waals surface area contributed by atoms with Crippen LogP contribution in [-0.4, -0.2) is 29.0 Å². The summed E-state index contributed by atoms with van der Waals surface area (Å²) in [5.41, 5.74) is 0.518. The predicted octanol–water partition coefficient (Wildman–Crippen LogP) is 1.68. The van der Waals surface area contributed by atoms with Crippen molar-refractivity contribution in [2.75, 3.05) is 13.2 Å². The first-order valence-corrected chi connectivity index (χ1v) is 5.30. The molecule has 0 aromatic heterocycles. The third kappa shape index (κ3) is 2.12. The van der Waals surface area contributed by atoms with Crippen molar-refractivity contribution in [3.63, 3.8) is 0 Å². The van der Waals surface area contributed by atoms with Crippen LogP contribution in [0.2, 0.25) is 0 Å². The Bertz CT molecular complexity index is 467. The lowest BCUT2D eigenvalue weighted by molar-refractivity contribution is -0.385. The standard InChI is InChI=1S/C11H12N2O4/c1-8-4-2-5-9(13(15)16)10(8)11(14)12-6-3-7-17-12/h2,4-5H,3,6-7H2,1H3. The van der Waals surface area contributed by atoms with E-state index in [4.69, 9.17) is 4.84 Å². The highest BCUT2D eigenvalue weighted by molar-refractivity contribution is 5.99. The Morgan fingerprint density at radius 3 is 2.88 bits per heavy atom. The highest BCUT2D eigenvalue weighted by Gasteiger charge is 2.28. The number of hydrogen-bond acceptors (Lipinski definition) is 4. The number of rotatable bonds is 2. The van der Waals surface area contributed by atoms with Gasteiger partial charge in [0, 0.05) is 6.07 Å². The first-order valence-electron chi connectivity index (χ1n) is 5.30. The molecule has 1 heterocycles. The van der Waals surface area contributed by atoms with E-state index in [1.54, 1.807) is 19.1 Å². The second-order valence-electron chi connectivity index (χ2n) is 3.82. The number of amides is 1. The quantitative estimate of drug-likeness (QED) is 0.578. The largest absolute Gasteiger partial charge is 0.284 e. The van der Waals surface area contributed by atoms with Crippen LogP contribution in [-0.2, 0) is 4.84 Å². The molecule has 1 saturated heterocycles. The van der Waals surface area contributed by atoms with E-state index in [1.165, 1.54) is 11.1 Å². The number of nitro groups is 1. The summed E-state index contributed by atoms with van der Waals surface area (Å²) >= 11 is 0. The molecule has 1 aromatic carbocycles. The molecular weight excluding hydrogens is 224 g/mol. The maximum atomic E-state index is 12.1. The minimum Gasteiger partial charge on any atom is -0.271 e. The summed E-state index contributed by atoms with van der Waals surface area (Å²) in [7, 11) is 0. The fourth-order valence-corrected chi connectivity index (χ4v) is 1.81. The van der Waals surface area contributed by atoms with Crippen LogP contribution in [0.4, 0.5) is 5.69 Å². The monoisotopic (exact) mass is 236 g/mol. The van der Waals surface area contributed by atoms with Gasteiger partial charge in [-0.2, -0.15) is 0 Å². The van der Waals surface area contributed by atoms with Crippen molar-refractivity contribution in [1.29, 1.82) is 0 Å². The van der Waals surface area contributed by atoms with Crippen molar-refractivity contribution in [3.8, 4) is 0 Å². The smallest absolute Gasteiger partial charge is 0.271 e. The first kappa shape index (κ1) is 11.5. The molecule has 0 radical (unpaired) electrons. The normalized spacial score (nSPS) is 15.0. The first-order chi connectivity index (χ1) is 8.11. The van der Waals surface area contributed by atoms with Crippen LogP contribution in [0.15, 0.2) is 18.2 Å². The SMILES string of the molecule is Cc1cccc([N+](=O)[O-])c1C(=O)N1CCCO1. The van der Waals surface area contributed by atoms with Crippen molar-refractivity contribution in [2.24, 2.45) is 0 Å². The zero-order chi connectivity index (χ0) is 12.4. The molecule has 6 nitrogen and oxygen atoms in total. The number of nitrogens with zero attached hydrogens (tertiary/aromatic N) is 2. The Labute approximate surface area is 97.9 Å². The van der Waals surface area contributed by atoms with E-state index in [1.807, 2.05) is 0 Å². The lowest BCUT2D eigenvalue weighted by Crippen LogP contribution is -2.27. The van der Waals surface area contributed by atoms with Crippen LogP contribution >= 0.6 is 0 Å². The van der Waals surface area contributed by atoms with Crippen molar-refractivity contribution in [1.82, 2.24) is 5.06 Å². The van der Waals surface area contributed by atoms with Crippen LogP contribution in [0, 0.1) is 17.0 Å². The predicted molar refractivity (Wildman–Crippen MR) is 59.4 cm³/mol. The maximum Gasteiger partial charge on any atom is 0.284 e. The molecule has 1 amide bonds. The Morgan fingerprint density at radius 2 is 2.29 bits per heavy atom. The summed E-state index contributed by atoms with van der Waals surface area (Å²) in [6.07, 6.45) is 0.755. The Kier molecular flexibility index (Phi) is 3.06. The van der Waals surface area contributed by atoms with Gasteiger partial charge in [0.05, 0.1) is 18.1 Å². The number of carbonyl (C=O) groups excluding carboxylic acids is 1. The van der Waals surface area contributed by atoms with Gasteiger partial charge in [0.2, 0.25) is 0 Å². The molecule has 0 atom stereocenters. The molecule has 1 fully saturated rings. The average molecular weight is 236 g/mol. The fraction of sp³-hybridized carbons (Fsp3) is 0.364. The lowest BCUT2D eigenvalue weighted by atomic mass is 10.1. The van der Waals surface area contributed by atoms with Crippen LogP contribution in [0.25, 0.3) is 0 Å². The second-order valence-corrected chi connectivity index (χ2v) is 3.82. The van der Waals surface area contributed by atoms with E-state index in [0.717, 1.165) is 6.42 Å². The Morgan fingerprint density at radius 1 is 1.53 bits per heavy atom. The molecule has 0 spiro atoms. The van der Waals surface area contributed by atoms with Gasteiger partial charge in [0.1, 0.15) is 5.56 Å². The summed E-state index contributed by atoms with van der Waals surface area (Å²) < 4.78 is 0. The van der Waals surface area contributed by atoms with Crippen LogP contribution in [0.1, 0.15) is 22.3 Å². The summed E-state index contributed by atoms with van der Waals surface area (Å²) in [6, 6.07) is 4.57. The molecule has 0 N–H and O–H groups in total. The van der Waals surface area contributed by atoms with Crippen LogP contribution < -0.4 is 0 Å². The zero-order valence-electron chi connectivity index (χ0n) is 9.38. The fourth-order valence-electron chi connectivity index (χ4n) is 1.81. The van der Waals surface area contributed by atoms with Gasteiger partial charge in [-0.15, -0.1) is 0 Å². The van der Waals surface area contributed by atoms with Gasteiger partial charge in [-0.3, -0.25) is 19.7 Å². The van der Waals surface area contributed by atoms with E-state index < -0.39 is 10.8 Å². The highest BCUT2D eigenvalue weighted by Crippen LogP contribution is 2.24. The summed E-state index contributed by atoms with van der Waals surface area (Å²) in [6.45, 7) is 2.63. The van der Waals surface area contributed by atoms with Crippen LogP contribution in [0.3, 0.4) is 0 Å². The van der Waals surface area contributed by atoms with E-state index in [2.05, 4.69) is 0 Å². The molecule has 90 valence electrons. The minimum absolute atomic E-state index is 0.111. The number of carbonyl (C=O) groups is 1. The molecular formula is C11H12N2O4. The zero-order valence-corrected chi connectivity index (χ0v) is 9.38. The average Bonchev–Trinajstić information content (AvgIpc) is 2.81. The molecule has 6 heteroatoms. The van der Waals surface area contributed by atoms with Crippen LogP contribution in [0.5, 0.6) is 0 Å². The number of nitro benzene ring substituents is 1. The van der Waals surface area contributed by atoms with Gasteiger partial charge in [0.15, 0.2) is 0 Å². The molecule has 0 unspecified atom stereocenters. The summed E-state index contributed by atoms with van der Waals surface area (Å²) in [5, 5.41) is 12.1. The molecule has 17 heavy (non-hydrogen) atoms. The highest BCUT2D eigenvalue weighted by atomic mass is 16.7.